The lowest BCUT2D eigenvalue weighted by molar-refractivity contribution is 0.576. The molecule has 78 valence electrons. The third-order valence-corrected chi connectivity index (χ3v) is 4.68. The standard InChI is InChI=1S/C10H15F2NSi/c1-14(2,7-13)6-8-3-4-9(11)5-10(8)12/h3-5H,6-7,13H2,1-2H3. The molecule has 0 saturated heterocycles. The first-order valence-corrected chi connectivity index (χ1v) is 8.00. The minimum absolute atomic E-state index is 0.459. The molecule has 0 aliphatic heterocycles. The molecule has 0 aliphatic rings. The van der Waals surface area contributed by atoms with Gasteiger partial charge in [0.05, 0.1) is 8.07 Å². The molecule has 0 fully saturated rings. The molecule has 0 spiro atoms. The van der Waals surface area contributed by atoms with Crippen LogP contribution in [0.5, 0.6) is 0 Å². The van der Waals surface area contributed by atoms with E-state index >= 15 is 0 Å². The maximum absolute atomic E-state index is 13.3. The van der Waals surface area contributed by atoms with Gasteiger partial charge in [-0.05, 0) is 23.8 Å². The Kier molecular flexibility index (Phi) is 3.39. The van der Waals surface area contributed by atoms with E-state index in [9.17, 15) is 8.78 Å². The van der Waals surface area contributed by atoms with E-state index in [1.165, 1.54) is 12.1 Å². The topological polar surface area (TPSA) is 26.0 Å². The van der Waals surface area contributed by atoms with Crippen LogP contribution in [-0.4, -0.2) is 14.2 Å². The highest BCUT2D eigenvalue weighted by molar-refractivity contribution is 6.77. The van der Waals surface area contributed by atoms with Crippen LogP contribution >= 0.6 is 0 Å². The van der Waals surface area contributed by atoms with Crippen molar-refractivity contribution in [1.82, 2.24) is 0 Å². The molecule has 4 heteroatoms. The van der Waals surface area contributed by atoms with Gasteiger partial charge in [0.1, 0.15) is 11.6 Å². The zero-order chi connectivity index (χ0) is 10.8. The number of halogens is 2. The average molecular weight is 215 g/mol. The van der Waals surface area contributed by atoms with E-state index < -0.39 is 19.7 Å². The molecular formula is C10H15F2NSi. The Labute approximate surface area is 83.9 Å². The van der Waals surface area contributed by atoms with Gasteiger partial charge in [0, 0.05) is 6.07 Å². The highest BCUT2D eigenvalue weighted by Crippen LogP contribution is 2.15. The van der Waals surface area contributed by atoms with Crippen molar-refractivity contribution in [3.05, 3.63) is 35.4 Å². The summed E-state index contributed by atoms with van der Waals surface area (Å²) >= 11 is 0. The lowest BCUT2D eigenvalue weighted by Gasteiger charge is -2.19. The Morgan fingerprint density at radius 2 is 1.93 bits per heavy atom. The zero-order valence-corrected chi connectivity index (χ0v) is 9.48. The van der Waals surface area contributed by atoms with Crippen LogP contribution in [0.25, 0.3) is 0 Å². The molecule has 0 bridgehead atoms. The van der Waals surface area contributed by atoms with Crippen LogP contribution in [0.3, 0.4) is 0 Å². The maximum Gasteiger partial charge on any atom is 0.129 e. The Balaban J connectivity index is 2.87. The predicted molar refractivity (Wildman–Crippen MR) is 56.6 cm³/mol. The molecule has 1 aromatic carbocycles. The molecule has 14 heavy (non-hydrogen) atoms. The first-order chi connectivity index (χ1) is 6.44. The first kappa shape index (κ1) is 11.3. The van der Waals surface area contributed by atoms with E-state index in [1.54, 1.807) is 0 Å². The van der Waals surface area contributed by atoms with Crippen LogP contribution in [0.4, 0.5) is 8.78 Å². The summed E-state index contributed by atoms with van der Waals surface area (Å²) in [5, 5.41) is 0. The normalized spacial score (nSPS) is 11.8. The molecular weight excluding hydrogens is 200 g/mol. The quantitative estimate of drug-likeness (QED) is 0.769. The van der Waals surface area contributed by atoms with E-state index in [2.05, 4.69) is 13.1 Å². The molecule has 0 amide bonds. The summed E-state index contributed by atoms with van der Waals surface area (Å²) in [4.78, 5) is 0. The van der Waals surface area contributed by atoms with E-state index in [0.29, 0.717) is 17.8 Å². The summed E-state index contributed by atoms with van der Waals surface area (Å²) in [7, 11) is -1.55. The number of benzene rings is 1. The van der Waals surface area contributed by atoms with Gasteiger partial charge in [0.15, 0.2) is 0 Å². The molecule has 1 nitrogen and oxygen atoms in total. The van der Waals surface area contributed by atoms with Gasteiger partial charge in [-0.1, -0.05) is 19.2 Å². The third kappa shape index (κ3) is 2.89. The average Bonchev–Trinajstić information content (AvgIpc) is 2.10. The van der Waals surface area contributed by atoms with Crippen LogP contribution in [0.2, 0.25) is 13.1 Å². The minimum Gasteiger partial charge on any atom is -0.333 e. The SMILES string of the molecule is C[Si](C)(CN)Cc1ccc(F)cc1F. The fourth-order valence-corrected chi connectivity index (χ4v) is 2.71. The largest absolute Gasteiger partial charge is 0.333 e. The van der Waals surface area contributed by atoms with Gasteiger partial charge in [0.25, 0.3) is 0 Å². The van der Waals surface area contributed by atoms with E-state index in [4.69, 9.17) is 5.73 Å². The van der Waals surface area contributed by atoms with Crippen molar-refractivity contribution in [1.29, 1.82) is 0 Å². The van der Waals surface area contributed by atoms with E-state index in [-0.39, 0.29) is 0 Å². The number of hydrogen-bond donors (Lipinski definition) is 1. The molecule has 0 radical (unpaired) electrons. The van der Waals surface area contributed by atoms with Gasteiger partial charge in [0.2, 0.25) is 0 Å². The Morgan fingerprint density at radius 1 is 1.29 bits per heavy atom. The van der Waals surface area contributed by atoms with Crippen LogP contribution in [0.15, 0.2) is 18.2 Å². The lowest BCUT2D eigenvalue weighted by Crippen LogP contribution is -2.39. The van der Waals surface area contributed by atoms with Crippen molar-refractivity contribution in [3.8, 4) is 0 Å². The predicted octanol–water partition coefficient (Wildman–Crippen LogP) is 2.25. The second kappa shape index (κ2) is 4.19. The lowest BCUT2D eigenvalue weighted by atomic mass is 10.2. The fourth-order valence-electron chi connectivity index (χ4n) is 1.25. The molecule has 0 unspecified atom stereocenters. The van der Waals surface area contributed by atoms with E-state index in [0.717, 1.165) is 6.07 Å². The molecule has 1 aromatic rings. The minimum atomic E-state index is -1.55. The molecule has 0 aromatic heterocycles. The third-order valence-electron chi connectivity index (χ3n) is 2.24. The van der Waals surface area contributed by atoms with Crippen LogP contribution < -0.4 is 5.73 Å². The highest BCUT2D eigenvalue weighted by atomic mass is 28.3. The molecule has 2 N–H and O–H groups in total. The second-order valence-corrected chi connectivity index (χ2v) is 9.37. The van der Waals surface area contributed by atoms with Crippen molar-refractivity contribution in [2.24, 2.45) is 5.73 Å². The second-order valence-electron chi connectivity index (χ2n) is 4.28. The van der Waals surface area contributed by atoms with E-state index in [1.807, 2.05) is 0 Å². The Bertz CT molecular complexity index is 326. The van der Waals surface area contributed by atoms with Crippen molar-refractivity contribution < 1.29 is 8.78 Å². The molecule has 0 aliphatic carbocycles. The van der Waals surface area contributed by atoms with Gasteiger partial charge in [-0.2, -0.15) is 0 Å². The monoisotopic (exact) mass is 215 g/mol. The molecule has 0 saturated carbocycles. The first-order valence-electron chi connectivity index (χ1n) is 4.58. The Hall–Kier alpha value is -0.743. The van der Waals surface area contributed by atoms with Gasteiger partial charge in [-0.15, -0.1) is 0 Å². The van der Waals surface area contributed by atoms with Crippen LogP contribution in [-0.2, 0) is 6.04 Å². The summed E-state index contributed by atoms with van der Waals surface area (Å²) in [6.45, 7) is 4.19. The summed E-state index contributed by atoms with van der Waals surface area (Å²) in [5.74, 6) is -0.988. The summed E-state index contributed by atoms with van der Waals surface area (Å²) in [5.41, 5.74) is 6.18. The summed E-state index contributed by atoms with van der Waals surface area (Å²) in [6.07, 6.45) is 0.615. The fraction of sp³-hybridized carbons (Fsp3) is 0.400. The zero-order valence-electron chi connectivity index (χ0n) is 8.48. The highest BCUT2D eigenvalue weighted by Gasteiger charge is 2.20. The maximum atomic E-state index is 13.3. The number of nitrogens with two attached hydrogens (primary N) is 1. The molecule has 0 heterocycles. The number of hydrogen-bond acceptors (Lipinski definition) is 1. The summed E-state index contributed by atoms with van der Waals surface area (Å²) in [6, 6.07) is 4.39. The van der Waals surface area contributed by atoms with Gasteiger partial charge < -0.3 is 5.73 Å². The van der Waals surface area contributed by atoms with Crippen LogP contribution in [0.1, 0.15) is 5.56 Å². The van der Waals surface area contributed by atoms with Crippen molar-refractivity contribution >= 4 is 8.07 Å². The van der Waals surface area contributed by atoms with Gasteiger partial charge >= 0.3 is 0 Å². The number of rotatable bonds is 3. The van der Waals surface area contributed by atoms with Gasteiger partial charge in [-0.3, -0.25) is 0 Å². The van der Waals surface area contributed by atoms with Crippen molar-refractivity contribution in [3.63, 3.8) is 0 Å². The summed E-state index contributed by atoms with van der Waals surface area (Å²) < 4.78 is 25.9. The van der Waals surface area contributed by atoms with Crippen LogP contribution in [0, 0.1) is 11.6 Å². The Morgan fingerprint density at radius 3 is 2.43 bits per heavy atom. The smallest absolute Gasteiger partial charge is 0.129 e. The van der Waals surface area contributed by atoms with Crippen molar-refractivity contribution in [2.75, 3.05) is 6.17 Å². The van der Waals surface area contributed by atoms with Crippen molar-refractivity contribution in [2.45, 2.75) is 19.1 Å². The van der Waals surface area contributed by atoms with Gasteiger partial charge in [-0.25, -0.2) is 8.78 Å². The molecule has 0 atom stereocenters. The molecule has 1 rings (SSSR count).